The van der Waals surface area contributed by atoms with Crippen LogP contribution in [0.1, 0.15) is 32.0 Å². The molecule has 0 aliphatic rings. The number of aromatic nitrogens is 2. The number of carbonyl (C=O) groups excluding carboxylic acids is 1. The number of nitrogens with one attached hydrogen (secondary N) is 1. The molecule has 2 N–H and O–H groups in total. The van der Waals surface area contributed by atoms with Gasteiger partial charge in [-0.3, -0.25) is 9.48 Å². The number of benzene rings is 1. The third-order valence-electron chi connectivity index (χ3n) is 3.18. The molecule has 0 atom stereocenters. The fourth-order valence-electron chi connectivity index (χ4n) is 2.15. The Morgan fingerprint density at radius 1 is 1.08 bits per heavy atom. The van der Waals surface area contributed by atoms with Crippen LogP contribution in [0.2, 0.25) is 0 Å². The van der Waals surface area contributed by atoms with E-state index in [2.05, 4.69) is 5.10 Å². The van der Waals surface area contributed by atoms with Crippen LogP contribution in [0, 0.1) is 0 Å². The van der Waals surface area contributed by atoms with E-state index in [1.54, 1.807) is 5.32 Å². The van der Waals surface area contributed by atoms with Crippen molar-refractivity contribution in [2.75, 3.05) is 5.32 Å². The molecule has 6 nitrogen and oxygen atoms in total. The van der Waals surface area contributed by atoms with Gasteiger partial charge in [-0.05, 0) is 12.1 Å². The summed E-state index contributed by atoms with van der Waals surface area (Å²) in [4.78, 5) is 23.3. The number of rotatable bonds is 3. The first-order valence-electron chi connectivity index (χ1n) is 6.68. The van der Waals surface area contributed by atoms with Gasteiger partial charge in [0.05, 0.1) is 22.4 Å². The summed E-state index contributed by atoms with van der Waals surface area (Å²) in [7, 11) is 1.08. The number of hydrogen-bond donors (Lipinski definition) is 2. The molecule has 0 fully saturated rings. The third kappa shape index (κ3) is 3.78. The molecule has 0 aliphatic heterocycles. The van der Waals surface area contributed by atoms with Gasteiger partial charge in [-0.15, -0.1) is 0 Å². The molecule has 0 radical (unpaired) electrons. The van der Waals surface area contributed by atoms with Crippen molar-refractivity contribution in [1.29, 1.82) is 0 Å². The van der Waals surface area contributed by atoms with Crippen molar-refractivity contribution in [3.8, 4) is 0 Å². The minimum Gasteiger partial charge on any atom is -0.478 e. The van der Waals surface area contributed by atoms with Gasteiger partial charge in [0.1, 0.15) is 0 Å². The Labute approximate surface area is 141 Å². The SMILES string of the molecule is Cn1cc(C(=O)Nc2c(C(=O)O)cccc2C(F)(F)F)c(C(F)(F)F)n1. The number of halogens is 6. The van der Waals surface area contributed by atoms with Crippen LogP contribution in [0.15, 0.2) is 24.4 Å². The predicted octanol–water partition coefficient (Wildman–Crippen LogP) is 3.41. The highest BCUT2D eigenvalue weighted by Crippen LogP contribution is 2.37. The Morgan fingerprint density at radius 3 is 2.19 bits per heavy atom. The van der Waals surface area contributed by atoms with Gasteiger partial charge >= 0.3 is 18.3 Å². The maximum atomic E-state index is 13.1. The summed E-state index contributed by atoms with van der Waals surface area (Å²) in [6.45, 7) is 0. The topological polar surface area (TPSA) is 84.2 Å². The summed E-state index contributed by atoms with van der Waals surface area (Å²) in [5.74, 6) is -3.38. The number of aromatic carboxylic acids is 1. The summed E-state index contributed by atoms with van der Waals surface area (Å²) in [6, 6.07) is 2.07. The van der Waals surface area contributed by atoms with Crippen LogP contribution in [0.4, 0.5) is 32.0 Å². The Bertz CT molecular complexity index is 870. The Balaban J connectivity index is 2.56. The molecule has 0 aliphatic carbocycles. The number of carboxylic acids is 1. The van der Waals surface area contributed by atoms with Crippen molar-refractivity contribution in [2.24, 2.45) is 7.05 Å². The Kier molecular flexibility index (Phi) is 4.71. The summed E-state index contributed by atoms with van der Waals surface area (Å²) < 4.78 is 78.6. The molecule has 0 saturated carbocycles. The molecule has 1 aromatic carbocycles. The van der Waals surface area contributed by atoms with E-state index in [4.69, 9.17) is 5.11 Å². The van der Waals surface area contributed by atoms with Gasteiger partial charge in [-0.25, -0.2) is 4.79 Å². The van der Waals surface area contributed by atoms with E-state index in [1.807, 2.05) is 0 Å². The molecule has 12 heteroatoms. The molecular formula is C14H9F6N3O3. The Morgan fingerprint density at radius 2 is 1.69 bits per heavy atom. The van der Waals surface area contributed by atoms with Crippen molar-refractivity contribution in [3.63, 3.8) is 0 Å². The van der Waals surface area contributed by atoms with E-state index in [1.165, 1.54) is 0 Å². The number of nitrogens with zero attached hydrogens (tertiary/aromatic N) is 2. The second-order valence-corrected chi connectivity index (χ2v) is 5.05. The van der Waals surface area contributed by atoms with Crippen LogP contribution >= 0.6 is 0 Å². The first-order chi connectivity index (χ1) is 11.8. The summed E-state index contributed by atoms with van der Waals surface area (Å²) >= 11 is 0. The summed E-state index contributed by atoms with van der Waals surface area (Å²) in [5.41, 5.74) is -6.25. The molecule has 2 aromatic rings. The van der Waals surface area contributed by atoms with Gasteiger partial charge in [0.15, 0.2) is 5.69 Å². The molecule has 0 bridgehead atoms. The highest BCUT2D eigenvalue weighted by Gasteiger charge is 2.40. The zero-order chi connectivity index (χ0) is 19.9. The number of anilines is 1. The average molecular weight is 381 g/mol. The maximum Gasteiger partial charge on any atom is 0.435 e. The van der Waals surface area contributed by atoms with E-state index >= 15 is 0 Å². The minimum absolute atomic E-state index is 0.496. The van der Waals surface area contributed by atoms with Gasteiger partial charge < -0.3 is 10.4 Å². The lowest BCUT2D eigenvalue weighted by molar-refractivity contribution is -0.141. The maximum absolute atomic E-state index is 13.1. The standard InChI is InChI=1S/C14H9F6N3O3/c1-23-5-7(10(22-23)14(18,19)20)11(24)21-9-6(12(25)26)3-2-4-8(9)13(15,16)17/h2-5H,1H3,(H,21,24)(H,25,26). The summed E-state index contributed by atoms with van der Waals surface area (Å²) in [5, 5.41) is 13.7. The molecule has 140 valence electrons. The van der Waals surface area contributed by atoms with Gasteiger partial charge in [-0.2, -0.15) is 31.4 Å². The van der Waals surface area contributed by atoms with Crippen molar-refractivity contribution in [2.45, 2.75) is 12.4 Å². The number of amides is 1. The van der Waals surface area contributed by atoms with E-state index in [0.717, 1.165) is 19.2 Å². The normalized spacial score (nSPS) is 12.1. The zero-order valence-electron chi connectivity index (χ0n) is 12.7. The fourth-order valence-corrected chi connectivity index (χ4v) is 2.15. The molecule has 1 heterocycles. The molecule has 0 saturated heterocycles. The fraction of sp³-hybridized carbons (Fsp3) is 0.214. The largest absolute Gasteiger partial charge is 0.478 e. The van der Waals surface area contributed by atoms with Crippen LogP contribution in [-0.4, -0.2) is 26.8 Å². The van der Waals surface area contributed by atoms with E-state index < -0.39 is 52.3 Å². The molecule has 1 amide bonds. The van der Waals surface area contributed by atoms with Crippen molar-refractivity contribution < 1.29 is 41.0 Å². The van der Waals surface area contributed by atoms with Crippen LogP contribution in [0.5, 0.6) is 0 Å². The van der Waals surface area contributed by atoms with Crippen LogP contribution in [0.25, 0.3) is 0 Å². The number of para-hydroxylation sites is 1. The molecule has 1 aromatic heterocycles. The van der Waals surface area contributed by atoms with Crippen molar-refractivity contribution >= 4 is 17.6 Å². The molecule has 2 rings (SSSR count). The quantitative estimate of drug-likeness (QED) is 0.799. The minimum atomic E-state index is -5.05. The molecule has 0 unspecified atom stereocenters. The monoisotopic (exact) mass is 381 g/mol. The van der Waals surface area contributed by atoms with E-state index in [-0.39, 0.29) is 0 Å². The van der Waals surface area contributed by atoms with Crippen molar-refractivity contribution in [3.05, 3.63) is 46.8 Å². The van der Waals surface area contributed by atoms with E-state index in [9.17, 15) is 35.9 Å². The second kappa shape index (κ2) is 6.35. The van der Waals surface area contributed by atoms with Crippen LogP contribution in [0.3, 0.4) is 0 Å². The predicted molar refractivity (Wildman–Crippen MR) is 74.6 cm³/mol. The van der Waals surface area contributed by atoms with Gasteiger partial charge in [0.2, 0.25) is 0 Å². The number of carbonyl (C=O) groups is 2. The van der Waals surface area contributed by atoms with Crippen molar-refractivity contribution in [1.82, 2.24) is 9.78 Å². The summed E-state index contributed by atoms with van der Waals surface area (Å²) in [6.07, 6.45) is -9.42. The first-order valence-corrected chi connectivity index (χ1v) is 6.68. The number of hydrogen-bond acceptors (Lipinski definition) is 3. The zero-order valence-corrected chi connectivity index (χ0v) is 12.7. The Hall–Kier alpha value is -3.05. The third-order valence-corrected chi connectivity index (χ3v) is 3.18. The van der Waals surface area contributed by atoms with Gasteiger partial charge in [0.25, 0.3) is 5.91 Å². The van der Waals surface area contributed by atoms with Gasteiger partial charge in [-0.1, -0.05) is 6.07 Å². The van der Waals surface area contributed by atoms with Crippen LogP contribution in [-0.2, 0) is 19.4 Å². The molecule has 26 heavy (non-hydrogen) atoms. The number of carboxylic acid groups (broad SMARTS) is 1. The number of alkyl halides is 6. The lowest BCUT2D eigenvalue weighted by Crippen LogP contribution is -2.22. The molecular weight excluding hydrogens is 372 g/mol. The lowest BCUT2D eigenvalue weighted by Gasteiger charge is -2.16. The number of aryl methyl sites for hydroxylation is 1. The average Bonchev–Trinajstić information content (AvgIpc) is 2.88. The van der Waals surface area contributed by atoms with E-state index in [0.29, 0.717) is 16.9 Å². The van der Waals surface area contributed by atoms with Crippen LogP contribution < -0.4 is 5.32 Å². The first kappa shape index (κ1) is 19.3. The molecule has 0 spiro atoms. The van der Waals surface area contributed by atoms with Gasteiger partial charge in [0, 0.05) is 13.2 Å². The smallest absolute Gasteiger partial charge is 0.435 e. The highest BCUT2D eigenvalue weighted by atomic mass is 19.4. The highest BCUT2D eigenvalue weighted by molar-refractivity contribution is 6.09. The lowest BCUT2D eigenvalue weighted by atomic mass is 10.1. The second-order valence-electron chi connectivity index (χ2n) is 5.05.